The molecule has 7 nitrogen and oxygen atoms in total. The number of hydrogen-bond acceptors (Lipinski definition) is 6. The number of ketones is 2. The number of carbonyl (C=O) groups excluding carboxylic acids is 3. The highest BCUT2D eigenvalue weighted by atomic mass is 16.6. The van der Waals surface area contributed by atoms with Crippen LogP contribution in [-0.4, -0.2) is 41.3 Å². The molecule has 0 aromatic heterocycles. The van der Waals surface area contributed by atoms with Crippen LogP contribution < -0.4 is 10.6 Å². The first kappa shape index (κ1) is 24.0. The van der Waals surface area contributed by atoms with Crippen molar-refractivity contribution >= 4 is 29.0 Å². The molecule has 2 aliphatic rings. The number of benzene rings is 2. The van der Waals surface area contributed by atoms with Crippen molar-refractivity contribution in [2.24, 2.45) is 0 Å². The minimum Gasteiger partial charge on any atom is -0.444 e. The van der Waals surface area contributed by atoms with E-state index in [1.165, 1.54) is 0 Å². The Morgan fingerprint density at radius 2 is 1.42 bits per heavy atom. The Morgan fingerprint density at radius 3 is 2.00 bits per heavy atom. The molecule has 2 aromatic rings. The molecule has 4 rings (SSSR count). The fraction of sp³-hybridized carbons (Fsp3) is 0.346. The smallest absolute Gasteiger partial charge is 0.412 e. The van der Waals surface area contributed by atoms with Gasteiger partial charge in [0.25, 0.3) is 0 Å². The second kappa shape index (κ2) is 9.48. The van der Waals surface area contributed by atoms with Gasteiger partial charge in [-0.1, -0.05) is 31.7 Å². The van der Waals surface area contributed by atoms with Crippen LogP contribution in [0.15, 0.2) is 59.9 Å². The van der Waals surface area contributed by atoms with E-state index in [0.717, 1.165) is 25.9 Å². The van der Waals surface area contributed by atoms with Crippen molar-refractivity contribution < 1.29 is 19.1 Å². The van der Waals surface area contributed by atoms with Crippen molar-refractivity contribution in [1.29, 1.82) is 0 Å². The lowest BCUT2D eigenvalue weighted by Gasteiger charge is -2.28. The molecule has 0 saturated carbocycles. The van der Waals surface area contributed by atoms with Gasteiger partial charge >= 0.3 is 6.09 Å². The zero-order valence-electron chi connectivity index (χ0n) is 18.5. The normalized spacial score (nSPS) is 15.7. The fourth-order valence-corrected chi connectivity index (χ4v) is 3.92. The quantitative estimate of drug-likeness (QED) is 0.644. The van der Waals surface area contributed by atoms with Gasteiger partial charge in [-0.15, -0.1) is 0 Å². The molecule has 1 aliphatic carbocycles. The number of nitrogens with zero attached hydrogens (tertiary/aromatic N) is 1. The summed E-state index contributed by atoms with van der Waals surface area (Å²) in [7, 11) is 0. The van der Waals surface area contributed by atoms with Crippen LogP contribution in [0.5, 0.6) is 0 Å². The molecular weight excluding hydrogens is 418 g/mol. The molecule has 2 aromatic carbocycles. The molecule has 1 amide bonds. The Morgan fingerprint density at radius 1 is 0.879 bits per heavy atom. The molecule has 0 bridgehead atoms. The van der Waals surface area contributed by atoms with Gasteiger partial charge in [0.05, 0.1) is 0 Å². The van der Waals surface area contributed by atoms with Gasteiger partial charge in [-0.3, -0.25) is 14.9 Å². The molecule has 1 saturated heterocycles. The van der Waals surface area contributed by atoms with Gasteiger partial charge < -0.3 is 15.0 Å². The maximum absolute atomic E-state index is 13.3. The van der Waals surface area contributed by atoms with E-state index < -0.39 is 11.7 Å². The molecule has 33 heavy (non-hydrogen) atoms. The van der Waals surface area contributed by atoms with Crippen LogP contribution in [-0.2, 0) is 4.74 Å². The van der Waals surface area contributed by atoms with E-state index in [-0.39, 0.29) is 19.0 Å². The highest BCUT2D eigenvalue weighted by Crippen LogP contribution is 2.31. The summed E-state index contributed by atoms with van der Waals surface area (Å²) in [5.41, 5.74) is 2.20. The molecule has 1 heterocycles. The number of rotatable bonds is 4. The molecule has 7 heteroatoms. The third-order valence-electron chi connectivity index (χ3n) is 5.32. The lowest BCUT2D eigenvalue weighted by molar-refractivity contribution is 0.0635. The second-order valence-electron chi connectivity index (χ2n) is 8.95. The van der Waals surface area contributed by atoms with Crippen LogP contribution in [0, 0.1) is 0 Å². The Kier molecular flexibility index (Phi) is 6.91. The van der Waals surface area contributed by atoms with E-state index in [0.29, 0.717) is 33.9 Å². The van der Waals surface area contributed by atoms with Crippen LogP contribution in [0.3, 0.4) is 0 Å². The van der Waals surface area contributed by atoms with Crippen LogP contribution >= 0.6 is 0 Å². The summed E-state index contributed by atoms with van der Waals surface area (Å²) < 4.78 is 5.26. The van der Waals surface area contributed by atoms with Gasteiger partial charge in [-0.2, -0.15) is 0 Å². The van der Waals surface area contributed by atoms with Crippen LogP contribution in [0.4, 0.5) is 16.2 Å². The summed E-state index contributed by atoms with van der Waals surface area (Å²) in [4.78, 5) is 40.6. The van der Waals surface area contributed by atoms with E-state index in [4.69, 9.17) is 4.74 Å². The number of fused-ring (bicyclic) bond motifs is 1. The Balaban J connectivity index is 0.00000306. The summed E-state index contributed by atoms with van der Waals surface area (Å²) in [6.45, 7) is 6.89. The van der Waals surface area contributed by atoms with Crippen molar-refractivity contribution in [2.45, 2.75) is 46.6 Å². The van der Waals surface area contributed by atoms with Crippen molar-refractivity contribution in [3.8, 4) is 0 Å². The molecule has 0 spiro atoms. The third-order valence-corrected chi connectivity index (χ3v) is 5.32. The highest BCUT2D eigenvalue weighted by molar-refractivity contribution is 6.27. The monoisotopic (exact) mass is 449 g/mol. The van der Waals surface area contributed by atoms with Crippen molar-refractivity contribution in [3.63, 3.8) is 0 Å². The topological polar surface area (TPSA) is 87.7 Å². The minimum absolute atomic E-state index is 0. The number of Topliss-reactive ketones (excluding diaryl/α,β-unsaturated/α-hetero) is 2. The summed E-state index contributed by atoms with van der Waals surface area (Å²) >= 11 is 0. The molecule has 0 atom stereocenters. The van der Waals surface area contributed by atoms with Gasteiger partial charge in [0.1, 0.15) is 17.0 Å². The lowest BCUT2D eigenvalue weighted by atomic mass is 9.89. The number of nitrogens with one attached hydrogen (secondary N) is 2. The van der Waals surface area contributed by atoms with E-state index >= 15 is 0 Å². The van der Waals surface area contributed by atoms with E-state index in [2.05, 4.69) is 10.6 Å². The summed E-state index contributed by atoms with van der Waals surface area (Å²) in [5.74, 6) is -0.328. The first-order valence-electron chi connectivity index (χ1n) is 10.8. The average Bonchev–Trinajstić information content (AvgIpc) is 3.26. The van der Waals surface area contributed by atoms with E-state index in [1.807, 2.05) is 4.90 Å². The largest absolute Gasteiger partial charge is 0.444 e. The molecule has 0 radical (unpaired) electrons. The third kappa shape index (κ3) is 5.25. The van der Waals surface area contributed by atoms with Crippen LogP contribution in [0.25, 0.3) is 0 Å². The molecule has 2 N–H and O–H groups in total. The molecule has 1 fully saturated rings. The van der Waals surface area contributed by atoms with Crippen molar-refractivity contribution in [3.05, 3.63) is 71.1 Å². The summed E-state index contributed by atoms with van der Waals surface area (Å²) in [6.07, 6.45) is 1.44. The van der Waals surface area contributed by atoms with Gasteiger partial charge in [-0.05, 0) is 57.9 Å². The molecule has 0 unspecified atom stereocenters. The number of likely N-dealkylation sites (tertiary alicyclic amines) is 1. The second-order valence-corrected chi connectivity index (χ2v) is 8.95. The van der Waals surface area contributed by atoms with Gasteiger partial charge in [0.2, 0.25) is 11.6 Å². The summed E-state index contributed by atoms with van der Waals surface area (Å²) in [6, 6.07) is 13.9. The SMILES string of the molecule is C.CC(C)(C)OC(=O)Nc1ccc(NC2=C(N3CCCC3)C(=O)c3ccccc3C2=O)cc1. The maximum atomic E-state index is 13.3. The first-order valence-corrected chi connectivity index (χ1v) is 10.8. The van der Waals surface area contributed by atoms with Gasteiger partial charge in [-0.25, -0.2) is 4.79 Å². The number of amides is 1. The lowest BCUT2D eigenvalue weighted by Crippen LogP contribution is -2.35. The molecular formula is C26H31N3O4. The average molecular weight is 450 g/mol. The maximum Gasteiger partial charge on any atom is 0.412 e. The number of hydrogen-bond donors (Lipinski definition) is 2. The minimum atomic E-state index is -0.589. The Hall–Kier alpha value is -3.61. The zero-order valence-corrected chi connectivity index (χ0v) is 18.5. The number of allylic oxidation sites excluding steroid dienone is 2. The first-order chi connectivity index (χ1) is 15.2. The standard InChI is InChI=1S/C25H27N3O4.CH4/c1-25(2,3)32-24(31)27-17-12-10-16(11-13-17)26-20-21(28-14-6-7-15-28)23(30)19-9-5-4-8-18(19)22(20)29;/h4-5,8-13,26H,6-7,14-15H2,1-3H3,(H,27,31);1H4. The number of anilines is 2. The van der Waals surface area contributed by atoms with E-state index in [9.17, 15) is 14.4 Å². The number of ether oxygens (including phenoxy) is 1. The van der Waals surface area contributed by atoms with Gasteiger partial charge in [0, 0.05) is 35.6 Å². The predicted octanol–water partition coefficient (Wildman–Crippen LogP) is 5.47. The fourth-order valence-electron chi connectivity index (χ4n) is 3.92. The Bertz CT molecular complexity index is 1090. The highest BCUT2D eigenvalue weighted by Gasteiger charge is 2.36. The van der Waals surface area contributed by atoms with Crippen LogP contribution in [0.1, 0.15) is 61.8 Å². The van der Waals surface area contributed by atoms with Crippen molar-refractivity contribution in [2.75, 3.05) is 23.7 Å². The molecule has 174 valence electrons. The van der Waals surface area contributed by atoms with Gasteiger partial charge in [0.15, 0.2) is 0 Å². The molecule has 1 aliphatic heterocycles. The van der Waals surface area contributed by atoms with Crippen molar-refractivity contribution in [1.82, 2.24) is 4.90 Å². The summed E-state index contributed by atoms with van der Waals surface area (Å²) in [5, 5.41) is 5.85. The van der Waals surface area contributed by atoms with E-state index in [1.54, 1.807) is 69.3 Å². The number of carbonyl (C=O) groups is 3. The predicted molar refractivity (Wildman–Crippen MR) is 130 cm³/mol. The van der Waals surface area contributed by atoms with Crippen LogP contribution in [0.2, 0.25) is 0 Å². The Labute approximate surface area is 194 Å². The zero-order chi connectivity index (χ0) is 22.9.